The van der Waals surface area contributed by atoms with E-state index in [9.17, 15) is 23.3 Å². The van der Waals surface area contributed by atoms with E-state index in [0.717, 1.165) is 22.4 Å². The van der Waals surface area contributed by atoms with E-state index in [1.807, 2.05) is 6.92 Å². The van der Waals surface area contributed by atoms with Gasteiger partial charge in [0.25, 0.3) is 15.7 Å². The van der Waals surface area contributed by atoms with Gasteiger partial charge in [-0.2, -0.15) is 0 Å². The van der Waals surface area contributed by atoms with E-state index >= 15 is 0 Å². The van der Waals surface area contributed by atoms with Crippen molar-refractivity contribution in [3.63, 3.8) is 0 Å². The fourth-order valence-corrected chi connectivity index (χ4v) is 4.27. The Hall–Kier alpha value is -2.94. The van der Waals surface area contributed by atoms with Crippen LogP contribution in [-0.2, 0) is 21.2 Å². The molecule has 0 saturated heterocycles. The number of hydrogen-bond donors (Lipinski definition) is 1. The molecule has 27 heavy (non-hydrogen) atoms. The molecule has 144 valence electrons. The standard InChI is InChI=1S/C18H20N2O6S/c1-2-14-9-11-15(12-10-14)19(13-5-8-18(21)22)27(25,26)17-7-4-3-6-16(17)20(23)24/h3-4,6-7,9-12H,2,5,8,13H2,1H3,(H,21,22). The lowest BCUT2D eigenvalue weighted by Crippen LogP contribution is -2.32. The minimum atomic E-state index is -4.25. The van der Waals surface area contributed by atoms with E-state index in [1.165, 1.54) is 18.2 Å². The van der Waals surface area contributed by atoms with E-state index in [0.29, 0.717) is 5.69 Å². The molecule has 0 saturated carbocycles. The number of para-hydroxylation sites is 1. The van der Waals surface area contributed by atoms with Crippen molar-refractivity contribution in [2.45, 2.75) is 31.1 Å². The largest absolute Gasteiger partial charge is 0.481 e. The molecule has 2 rings (SSSR count). The first-order valence-electron chi connectivity index (χ1n) is 8.34. The molecule has 2 aromatic rings. The molecule has 1 N–H and O–H groups in total. The number of rotatable bonds is 9. The van der Waals surface area contributed by atoms with Gasteiger partial charge in [0.05, 0.1) is 10.6 Å². The molecule has 0 amide bonds. The third-order valence-corrected chi connectivity index (χ3v) is 5.89. The van der Waals surface area contributed by atoms with E-state index in [1.54, 1.807) is 24.3 Å². The topological polar surface area (TPSA) is 118 Å². The molecule has 0 unspecified atom stereocenters. The molecule has 0 aromatic heterocycles. The lowest BCUT2D eigenvalue weighted by Gasteiger charge is -2.24. The first-order valence-corrected chi connectivity index (χ1v) is 9.78. The molecule has 0 aliphatic rings. The second-order valence-electron chi connectivity index (χ2n) is 5.82. The highest BCUT2D eigenvalue weighted by Gasteiger charge is 2.31. The molecule has 0 fully saturated rings. The summed E-state index contributed by atoms with van der Waals surface area (Å²) in [5, 5.41) is 20.1. The van der Waals surface area contributed by atoms with Gasteiger partial charge in [-0.1, -0.05) is 31.2 Å². The maximum absolute atomic E-state index is 13.2. The molecule has 0 atom stereocenters. The van der Waals surface area contributed by atoms with Crippen molar-refractivity contribution in [3.05, 3.63) is 64.2 Å². The number of anilines is 1. The number of aryl methyl sites for hydroxylation is 1. The molecule has 0 heterocycles. The maximum atomic E-state index is 13.2. The molecular weight excluding hydrogens is 372 g/mol. The van der Waals surface area contributed by atoms with Crippen LogP contribution in [0.3, 0.4) is 0 Å². The van der Waals surface area contributed by atoms with Gasteiger partial charge in [0, 0.05) is 19.0 Å². The summed E-state index contributed by atoms with van der Waals surface area (Å²) in [5.74, 6) is -1.04. The molecule has 0 aliphatic carbocycles. The summed E-state index contributed by atoms with van der Waals surface area (Å²) in [4.78, 5) is 20.9. The van der Waals surface area contributed by atoms with Gasteiger partial charge in [0.15, 0.2) is 4.90 Å². The molecule has 0 spiro atoms. The van der Waals surface area contributed by atoms with Gasteiger partial charge in [-0.3, -0.25) is 19.2 Å². The zero-order valence-electron chi connectivity index (χ0n) is 14.7. The van der Waals surface area contributed by atoms with Gasteiger partial charge >= 0.3 is 5.97 Å². The monoisotopic (exact) mass is 392 g/mol. The number of nitro groups is 1. The fraction of sp³-hybridized carbons (Fsp3) is 0.278. The third-order valence-electron chi connectivity index (χ3n) is 4.01. The first kappa shape index (κ1) is 20.4. The van der Waals surface area contributed by atoms with E-state index in [4.69, 9.17) is 5.11 Å². The van der Waals surface area contributed by atoms with Gasteiger partial charge in [0.2, 0.25) is 0 Å². The van der Waals surface area contributed by atoms with Crippen LogP contribution < -0.4 is 4.31 Å². The Kier molecular flexibility index (Phi) is 6.51. The molecule has 0 aliphatic heterocycles. The van der Waals surface area contributed by atoms with Crippen LogP contribution in [0.4, 0.5) is 11.4 Å². The second-order valence-corrected chi connectivity index (χ2v) is 7.65. The SMILES string of the molecule is CCc1ccc(N(CCCC(=O)O)S(=O)(=O)c2ccccc2[N+](=O)[O-])cc1. The highest BCUT2D eigenvalue weighted by atomic mass is 32.2. The van der Waals surface area contributed by atoms with E-state index in [-0.39, 0.29) is 19.4 Å². The Morgan fingerprint density at radius 2 is 1.78 bits per heavy atom. The molecule has 2 aromatic carbocycles. The third kappa shape index (κ3) is 4.82. The predicted molar refractivity (Wildman–Crippen MR) is 100 cm³/mol. The number of benzene rings is 2. The lowest BCUT2D eigenvalue weighted by atomic mass is 10.1. The quantitative estimate of drug-likeness (QED) is 0.517. The van der Waals surface area contributed by atoms with Crippen molar-refractivity contribution >= 4 is 27.4 Å². The zero-order valence-corrected chi connectivity index (χ0v) is 15.6. The van der Waals surface area contributed by atoms with Gasteiger partial charge < -0.3 is 5.11 Å². The summed E-state index contributed by atoms with van der Waals surface area (Å²) in [6.07, 6.45) is 0.636. The fourth-order valence-electron chi connectivity index (χ4n) is 2.60. The number of nitrogens with zero attached hydrogens (tertiary/aromatic N) is 2. The molecule has 0 bridgehead atoms. The number of nitro benzene ring substituents is 1. The van der Waals surface area contributed by atoms with Crippen LogP contribution in [0.1, 0.15) is 25.3 Å². The summed E-state index contributed by atoms with van der Waals surface area (Å²) >= 11 is 0. The molecule has 9 heteroatoms. The number of hydrogen-bond acceptors (Lipinski definition) is 5. The lowest BCUT2D eigenvalue weighted by molar-refractivity contribution is -0.387. The second kappa shape index (κ2) is 8.63. The van der Waals surface area contributed by atoms with Crippen LogP contribution in [0.5, 0.6) is 0 Å². The van der Waals surface area contributed by atoms with E-state index < -0.39 is 31.5 Å². The zero-order chi connectivity index (χ0) is 20.0. The summed E-state index contributed by atoms with van der Waals surface area (Å²) < 4.78 is 27.4. The highest BCUT2D eigenvalue weighted by molar-refractivity contribution is 7.93. The van der Waals surface area contributed by atoms with Crippen molar-refractivity contribution in [1.29, 1.82) is 0 Å². The van der Waals surface area contributed by atoms with Crippen molar-refractivity contribution < 1.29 is 23.2 Å². The summed E-state index contributed by atoms with van der Waals surface area (Å²) in [7, 11) is -4.25. The van der Waals surface area contributed by atoms with Crippen LogP contribution in [0.2, 0.25) is 0 Å². The van der Waals surface area contributed by atoms with Crippen molar-refractivity contribution in [3.8, 4) is 0 Å². The minimum absolute atomic E-state index is 0.0741. The first-order chi connectivity index (χ1) is 12.8. The normalized spacial score (nSPS) is 11.1. The summed E-state index contributed by atoms with van der Waals surface area (Å²) in [6.45, 7) is 1.86. The summed E-state index contributed by atoms with van der Waals surface area (Å²) in [6, 6.07) is 11.9. The maximum Gasteiger partial charge on any atom is 0.303 e. The Morgan fingerprint density at radius 3 is 2.33 bits per heavy atom. The number of carboxylic acids is 1. The molecular formula is C18H20N2O6S. The number of carboxylic acid groups (broad SMARTS) is 1. The average molecular weight is 392 g/mol. The Bertz CT molecular complexity index is 925. The molecule has 8 nitrogen and oxygen atoms in total. The van der Waals surface area contributed by atoms with Crippen LogP contribution in [-0.4, -0.2) is 31.0 Å². The van der Waals surface area contributed by atoms with Crippen LogP contribution >= 0.6 is 0 Å². The number of aliphatic carboxylic acids is 1. The van der Waals surface area contributed by atoms with Crippen LogP contribution in [0.15, 0.2) is 53.4 Å². The van der Waals surface area contributed by atoms with Crippen molar-refractivity contribution in [2.24, 2.45) is 0 Å². The molecule has 0 radical (unpaired) electrons. The van der Waals surface area contributed by atoms with Crippen LogP contribution in [0.25, 0.3) is 0 Å². The summed E-state index contributed by atoms with van der Waals surface area (Å²) in [5.41, 5.74) is 0.814. The smallest absolute Gasteiger partial charge is 0.303 e. The van der Waals surface area contributed by atoms with Gasteiger partial charge in [0.1, 0.15) is 0 Å². The predicted octanol–water partition coefficient (Wildman–Crippen LogP) is 3.22. The highest BCUT2D eigenvalue weighted by Crippen LogP contribution is 2.30. The van der Waals surface area contributed by atoms with Gasteiger partial charge in [-0.25, -0.2) is 8.42 Å². The van der Waals surface area contributed by atoms with Crippen LogP contribution in [0, 0.1) is 10.1 Å². The Morgan fingerprint density at radius 1 is 1.15 bits per heavy atom. The van der Waals surface area contributed by atoms with Crippen molar-refractivity contribution in [2.75, 3.05) is 10.8 Å². The van der Waals surface area contributed by atoms with Gasteiger partial charge in [-0.15, -0.1) is 0 Å². The van der Waals surface area contributed by atoms with Crippen molar-refractivity contribution in [1.82, 2.24) is 0 Å². The minimum Gasteiger partial charge on any atom is -0.481 e. The number of sulfonamides is 1. The van der Waals surface area contributed by atoms with Gasteiger partial charge in [-0.05, 0) is 36.6 Å². The Labute approximate surface area is 157 Å². The number of carbonyl (C=O) groups is 1. The Balaban J connectivity index is 2.50. The van der Waals surface area contributed by atoms with E-state index in [2.05, 4.69) is 0 Å². The average Bonchev–Trinajstić information content (AvgIpc) is 2.65.